The van der Waals surface area contributed by atoms with Gasteiger partial charge in [-0.2, -0.15) is 0 Å². The van der Waals surface area contributed by atoms with E-state index in [0.29, 0.717) is 11.5 Å². The van der Waals surface area contributed by atoms with Crippen molar-refractivity contribution in [3.63, 3.8) is 0 Å². The van der Waals surface area contributed by atoms with Gasteiger partial charge >= 0.3 is 0 Å². The normalized spacial score (nSPS) is 23.7. The van der Waals surface area contributed by atoms with Gasteiger partial charge in [0.2, 0.25) is 10.0 Å². The SMILES string of the molecule is CC1CCCC1NS(=O)(=O)c1cc(F)ccc1CN. The molecule has 1 fully saturated rings. The van der Waals surface area contributed by atoms with E-state index in [1.165, 1.54) is 12.1 Å². The Morgan fingerprint density at radius 2 is 2.16 bits per heavy atom. The lowest BCUT2D eigenvalue weighted by Crippen LogP contribution is -2.37. The predicted octanol–water partition coefficient (Wildman–Crippen LogP) is 1.75. The number of hydrogen-bond acceptors (Lipinski definition) is 3. The molecule has 1 aromatic rings. The first-order chi connectivity index (χ1) is 8.94. The molecule has 3 N–H and O–H groups in total. The summed E-state index contributed by atoms with van der Waals surface area (Å²) in [4.78, 5) is -0.0471. The number of rotatable bonds is 4. The Hall–Kier alpha value is -0.980. The quantitative estimate of drug-likeness (QED) is 0.885. The molecule has 4 nitrogen and oxygen atoms in total. The highest BCUT2D eigenvalue weighted by Gasteiger charge is 2.29. The molecule has 0 radical (unpaired) electrons. The third-order valence-electron chi connectivity index (χ3n) is 3.71. The standard InChI is InChI=1S/C13H19FN2O2S/c1-9-3-2-4-12(9)16-19(17,18)13-7-11(14)6-5-10(13)8-15/h5-7,9,12,16H,2-4,8,15H2,1H3. The van der Waals surface area contributed by atoms with Gasteiger partial charge in [0.05, 0.1) is 4.90 Å². The molecule has 1 aromatic carbocycles. The van der Waals surface area contributed by atoms with Crippen LogP contribution in [0, 0.1) is 11.7 Å². The Labute approximate surface area is 113 Å². The highest BCUT2D eigenvalue weighted by atomic mass is 32.2. The minimum absolute atomic E-state index is 0.0471. The summed E-state index contributed by atoms with van der Waals surface area (Å²) in [7, 11) is -3.71. The molecule has 0 bridgehead atoms. The van der Waals surface area contributed by atoms with E-state index in [1.54, 1.807) is 0 Å². The van der Waals surface area contributed by atoms with E-state index in [2.05, 4.69) is 4.72 Å². The van der Waals surface area contributed by atoms with Gasteiger partial charge in [-0.3, -0.25) is 0 Å². The second-order valence-electron chi connectivity index (χ2n) is 5.09. The van der Waals surface area contributed by atoms with E-state index in [9.17, 15) is 12.8 Å². The van der Waals surface area contributed by atoms with Crippen LogP contribution in [0.15, 0.2) is 23.1 Å². The molecule has 0 aliphatic heterocycles. The van der Waals surface area contributed by atoms with Crippen LogP contribution in [0.4, 0.5) is 4.39 Å². The van der Waals surface area contributed by atoms with Gasteiger partial charge in [-0.05, 0) is 36.5 Å². The predicted molar refractivity (Wildman–Crippen MR) is 71.4 cm³/mol. The Bertz CT molecular complexity index is 560. The average Bonchev–Trinajstić information content (AvgIpc) is 2.74. The molecule has 6 heteroatoms. The van der Waals surface area contributed by atoms with Crippen molar-refractivity contribution in [2.24, 2.45) is 11.7 Å². The largest absolute Gasteiger partial charge is 0.326 e. The van der Waals surface area contributed by atoms with Crippen LogP contribution >= 0.6 is 0 Å². The first-order valence-electron chi connectivity index (χ1n) is 6.45. The van der Waals surface area contributed by atoms with Gasteiger partial charge in [0.1, 0.15) is 5.82 Å². The van der Waals surface area contributed by atoms with Gasteiger partial charge in [0, 0.05) is 12.6 Å². The summed E-state index contributed by atoms with van der Waals surface area (Å²) < 4.78 is 40.6. The van der Waals surface area contributed by atoms with Gasteiger partial charge < -0.3 is 5.73 Å². The maximum absolute atomic E-state index is 13.3. The maximum atomic E-state index is 13.3. The van der Waals surface area contributed by atoms with Gasteiger partial charge in [0.15, 0.2) is 0 Å². The highest BCUT2D eigenvalue weighted by Crippen LogP contribution is 2.27. The Balaban J connectivity index is 2.31. The summed E-state index contributed by atoms with van der Waals surface area (Å²) in [5.74, 6) is -0.262. The van der Waals surface area contributed by atoms with Crippen LogP contribution in [0.1, 0.15) is 31.7 Å². The van der Waals surface area contributed by atoms with E-state index in [0.717, 1.165) is 25.3 Å². The molecule has 19 heavy (non-hydrogen) atoms. The minimum atomic E-state index is -3.71. The summed E-state index contributed by atoms with van der Waals surface area (Å²) in [6.07, 6.45) is 2.86. The van der Waals surface area contributed by atoms with E-state index in [4.69, 9.17) is 5.73 Å². The van der Waals surface area contributed by atoms with Crippen molar-refractivity contribution in [2.75, 3.05) is 0 Å². The fourth-order valence-corrected chi connectivity index (χ4v) is 4.17. The number of nitrogens with two attached hydrogens (primary N) is 1. The third kappa shape index (κ3) is 3.13. The lowest BCUT2D eigenvalue weighted by atomic mass is 10.1. The number of halogens is 1. The fourth-order valence-electron chi connectivity index (χ4n) is 2.53. The topological polar surface area (TPSA) is 72.2 Å². The second kappa shape index (κ2) is 5.56. The molecule has 2 rings (SSSR count). The molecule has 0 spiro atoms. The Morgan fingerprint density at radius 1 is 1.42 bits per heavy atom. The van der Waals surface area contributed by atoms with Crippen molar-refractivity contribution < 1.29 is 12.8 Å². The van der Waals surface area contributed by atoms with Crippen LogP contribution in [0.25, 0.3) is 0 Å². The monoisotopic (exact) mass is 286 g/mol. The van der Waals surface area contributed by atoms with Crippen molar-refractivity contribution in [1.29, 1.82) is 0 Å². The zero-order valence-electron chi connectivity index (χ0n) is 10.9. The Kier molecular flexibility index (Phi) is 4.23. The van der Waals surface area contributed by atoms with Crippen molar-refractivity contribution in [2.45, 2.75) is 43.7 Å². The Morgan fingerprint density at radius 3 is 2.74 bits per heavy atom. The van der Waals surface area contributed by atoms with Crippen LogP contribution in [-0.4, -0.2) is 14.5 Å². The summed E-state index contributed by atoms with van der Waals surface area (Å²) in [6, 6.07) is 3.60. The zero-order chi connectivity index (χ0) is 14.0. The van der Waals surface area contributed by atoms with Gasteiger partial charge in [-0.25, -0.2) is 17.5 Å². The van der Waals surface area contributed by atoms with E-state index >= 15 is 0 Å². The fraction of sp³-hybridized carbons (Fsp3) is 0.538. The number of nitrogens with one attached hydrogen (secondary N) is 1. The van der Waals surface area contributed by atoms with Crippen molar-refractivity contribution in [1.82, 2.24) is 4.72 Å². The smallest absolute Gasteiger partial charge is 0.241 e. The van der Waals surface area contributed by atoms with Crippen LogP contribution in [-0.2, 0) is 16.6 Å². The maximum Gasteiger partial charge on any atom is 0.241 e. The molecule has 0 saturated heterocycles. The molecule has 2 atom stereocenters. The first kappa shape index (κ1) is 14.4. The highest BCUT2D eigenvalue weighted by molar-refractivity contribution is 7.89. The van der Waals surface area contributed by atoms with Crippen LogP contribution in [0.2, 0.25) is 0 Å². The molecular formula is C13H19FN2O2S. The first-order valence-corrected chi connectivity index (χ1v) is 7.93. The second-order valence-corrected chi connectivity index (χ2v) is 6.77. The zero-order valence-corrected chi connectivity index (χ0v) is 11.7. The third-order valence-corrected chi connectivity index (χ3v) is 5.28. The van der Waals surface area contributed by atoms with E-state index < -0.39 is 15.8 Å². The summed E-state index contributed by atoms with van der Waals surface area (Å²) in [5, 5.41) is 0. The van der Waals surface area contributed by atoms with Crippen molar-refractivity contribution >= 4 is 10.0 Å². The number of benzene rings is 1. The minimum Gasteiger partial charge on any atom is -0.326 e. The molecule has 2 unspecified atom stereocenters. The van der Waals surface area contributed by atoms with Gasteiger partial charge in [-0.1, -0.05) is 19.4 Å². The molecule has 0 heterocycles. The molecule has 0 amide bonds. The lowest BCUT2D eigenvalue weighted by Gasteiger charge is -2.18. The van der Waals surface area contributed by atoms with Crippen LogP contribution in [0.3, 0.4) is 0 Å². The molecule has 1 aliphatic carbocycles. The van der Waals surface area contributed by atoms with E-state index in [1.807, 2.05) is 6.92 Å². The average molecular weight is 286 g/mol. The summed E-state index contributed by atoms with van der Waals surface area (Å²) in [5.41, 5.74) is 5.95. The summed E-state index contributed by atoms with van der Waals surface area (Å²) >= 11 is 0. The van der Waals surface area contributed by atoms with Crippen molar-refractivity contribution in [3.8, 4) is 0 Å². The molecule has 1 saturated carbocycles. The molecule has 1 aliphatic rings. The van der Waals surface area contributed by atoms with Gasteiger partial charge in [-0.15, -0.1) is 0 Å². The van der Waals surface area contributed by atoms with E-state index in [-0.39, 0.29) is 17.5 Å². The van der Waals surface area contributed by atoms with Crippen molar-refractivity contribution in [3.05, 3.63) is 29.6 Å². The molecular weight excluding hydrogens is 267 g/mol. The summed E-state index contributed by atoms with van der Waals surface area (Å²) in [6.45, 7) is 2.09. The number of sulfonamides is 1. The number of hydrogen-bond donors (Lipinski definition) is 2. The lowest BCUT2D eigenvalue weighted by molar-refractivity contribution is 0.476. The molecule has 0 aromatic heterocycles. The van der Waals surface area contributed by atoms with Gasteiger partial charge in [0.25, 0.3) is 0 Å². The van der Waals surface area contributed by atoms with Crippen LogP contribution < -0.4 is 10.5 Å². The molecule has 106 valence electrons. The van der Waals surface area contributed by atoms with Crippen LogP contribution in [0.5, 0.6) is 0 Å².